The summed E-state index contributed by atoms with van der Waals surface area (Å²) in [7, 11) is 3.15. The summed E-state index contributed by atoms with van der Waals surface area (Å²) in [6.45, 7) is 0.706. The SMILES string of the molecule is COc1ccc(CNC(=O)CCNC(=O)c2cccc(OC)c2)cc1. The van der Waals surface area contributed by atoms with Crippen molar-refractivity contribution < 1.29 is 19.1 Å². The topological polar surface area (TPSA) is 76.7 Å². The van der Waals surface area contributed by atoms with Gasteiger partial charge in [0.1, 0.15) is 11.5 Å². The van der Waals surface area contributed by atoms with Gasteiger partial charge in [-0.2, -0.15) is 0 Å². The molecule has 132 valence electrons. The highest BCUT2D eigenvalue weighted by Crippen LogP contribution is 2.12. The van der Waals surface area contributed by atoms with Crippen LogP contribution in [-0.4, -0.2) is 32.6 Å². The Morgan fingerprint density at radius 3 is 2.32 bits per heavy atom. The molecule has 2 rings (SSSR count). The highest BCUT2D eigenvalue weighted by atomic mass is 16.5. The molecule has 2 aromatic rings. The average Bonchev–Trinajstić information content (AvgIpc) is 2.66. The lowest BCUT2D eigenvalue weighted by molar-refractivity contribution is -0.121. The fourth-order valence-corrected chi connectivity index (χ4v) is 2.19. The molecule has 0 atom stereocenters. The zero-order valence-corrected chi connectivity index (χ0v) is 14.4. The van der Waals surface area contributed by atoms with Gasteiger partial charge in [0.05, 0.1) is 14.2 Å². The molecule has 0 aliphatic heterocycles. The molecule has 0 aliphatic rings. The van der Waals surface area contributed by atoms with Crippen LogP contribution in [0.5, 0.6) is 11.5 Å². The van der Waals surface area contributed by atoms with Gasteiger partial charge in [-0.15, -0.1) is 0 Å². The van der Waals surface area contributed by atoms with Crippen molar-refractivity contribution in [2.24, 2.45) is 0 Å². The fourth-order valence-electron chi connectivity index (χ4n) is 2.19. The van der Waals surface area contributed by atoms with Gasteiger partial charge in [-0.3, -0.25) is 9.59 Å². The van der Waals surface area contributed by atoms with Crippen molar-refractivity contribution in [1.29, 1.82) is 0 Å². The second-order valence-corrected chi connectivity index (χ2v) is 5.36. The third-order valence-corrected chi connectivity index (χ3v) is 3.62. The minimum absolute atomic E-state index is 0.123. The van der Waals surface area contributed by atoms with E-state index in [1.54, 1.807) is 38.5 Å². The van der Waals surface area contributed by atoms with Crippen LogP contribution in [0.15, 0.2) is 48.5 Å². The lowest BCUT2D eigenvalue weighted by Gasteiger charge is -2.08. The maximum Gasteiger partial charge on any atom is 0.251 e. The van der Waals surface area contributed by atoms with Crippen LogP contribution in [0.2, 0.25) is 0 Å². The summed E-state index contributed by atoms with van der Waals surface area (Å²) < 4.78 is 10.2. The first kappa shape index (κ1) is 18.3. The number of carbonyl (C=O) groups excluding carboxylic acids is 2. The van der Waals surface area contributed by atoms with E-state index in [4.69, 9.17) is 9.47 Å². The van der Waals surface area contributed by atoms with Crippen LogP contribution in [0.25, 0.3) is 0 Å². The Kier molecular flexibility index (Phi) is 6.83. The van der Waals surface area contributed by atoms with E-state index >= 15 is 0 Å². The first-order valence-electron chi connectivity index (χ1n) is 7.94. The Morgan fingerprint density at radius 1 is 0.920 bits per heavy atom. The number of carbonyl (C=O) groups is 2. The van der Waals surface area contributed by atoms with E-state index in [0.29, 0.717) is 17.9 Å². The predicted octanol–water partition coefficient (Wildman–Crippen LogP) is 2.14. The lowest BCUT2D eigenvalue weighted by atomic mass is 10.2. The molecular weight excluding hydrogens is 320 g/mol. The summed E-state index contributed by atoms with van der Waals surface area (Å²) in [4.78, 5) is 23.9. The first-order chi connectivity index (χ1) is 12.1. The standard InChI is InChI=1S/C19H22N2O4/c1-24-16-8-6-14(7-9-16)13-21-18(22)10-11-20-19(23)15-4-3-5-17(12-15)25-2/h3-9,12H,10-11,13H2,1-2H3,(H,20,23)(H,21,22). The molecule has 0 fully saturated rings. The largest absolute Gasteiger partial charge is 0.497 e. The lowest BCUT2D eigenvalue weighted by Crippen LogP contribution is -2.30. The Labute approximate surface area is 147 Å². The smallest absolute Gasteiger partial charge is 0.251 e. The number of rotatable bonds is 8. The van der Waals surface area contributed by atoms with Gasteiger partial charge in [0.25, 0.3) is 5.91 Å². The van der Waals surface area contributed by atoms with Crippen molar-refractivity contribution >= 4 is 11.8 Å². The van der Waals surface area contributed by atoms with Gasteiger partial charge in [0.15, 0.2) is 0 Å². The van der Waals surface area contributed by atoms with Crippen molar-refractivity contribution in [2.75, 3.05) is 20.8 Å². The molecule has 0 aromatic heterocycles. The summed E-state index contributed by atoms with van der Waals surface area (Å²) in [5.41, 5.74) is 1.48. The quantitative estimate of drug-likeness (QED) is 0.771. The monoisotopic (exact) mass is 342 g/mol. The van der Waals surface area contributed by atoms with Crippen molar-refractivity contribution in [1.82, 2.24) is 10.6 Å². The molecule has 0 spiro atoms. The summed E-state index contributed by atoms with van der Waals surface area (Å²) in [6, 6.07) is 14.3. The fraction of sp³-hybridized carbons (Fsp3) is 0.263. The second-order valence-electron chi connectivity index (χ2n) is 5.36. The molecule has 2 amide bonds. The Hall–Kier alpha value is -3.02. The zero-order valence-electron chi connectivity index (χ0n) is 14.4. The molecule has 0 radical (unpaired) electrons. The van der Waals surface area contributed by atoms with Crippen molar-refractivity contribution in [2.45, 2.75) is 13.0 Å². The Bertz CT molecular complexity index is 714. The van der Waals surface area contributed by atoms with E-state index in [0.717, 1.165) is 11.3 Å². The summed E-state index contributed by atoms with van der Waals surface area (Å²) in [6.07, 6.45) is 0.214. The van der Waals surface area contributed by atoms with Crippen molar-refractivity contribution in [3.8, 4) is 11.5 Å². The van der Waals surface area contributed by atoms with Gasteiger partial charge >= 0.3 is 0 Å². The Morgan fingerprint density at radius 2 is 1.64 bits per heavy atom. The van der Waals surface area contributed by atoms with Crippen LogP contribution in [0.3, 0.4) is 0 Å². The summed E-state index contributed by atoms with van der Waals surface area (Å²) in [5.74, 6) is 1.03. The molecule has 0 saturated carbocycles. The number of nitrogens with one attached hydrogen (secondary N) is 2. The van der Waals surface area contributed by atoms with E-state index < -0.39 is 0 Å². The van der Waals surface area contributed by atoms with Crippen LogP contribution in [0.1, 0.15) is 22.3 Å². The van der Waals surface area contributed by atoms with Gasteiger partial charge in [0, 0.05) is 25.1 Å². The number of ether oxygens (including phenoxy) is 2. The molecule has 0 unspecified atom stereocenters. The van der Waals surface area contributed by atoms with E-state index in [2.05, 4.69) is 10.6 Å². The molecule has 0 heterocycles. The van der Waals surface area contributed by atoms with Crippen LogP contribution in [-0.2, 0) is 11.3 Å². The molecule has 0 aliphatic carbocycles. The van der Waals surface area contributed by atoms with Gasteiger partial charge < -0.3 is 20.1 Å². The maximum absolute atomic E-state index is 12.0. The number of methoxy groups -OCH3 is 2. The molecule has 2 N–H and O–H groups in total. The van der Waals surface area contributed by atoms with E-state index in [9.17, 15) is 9.59 Å². The molecular formula is C19H22N2O4. The minimum Gasteiger partial charge on any atom is -0.497 e. The van der Waals surface area contributed by atoms with Crippen molar-refractivity contribution in [3.63, 3.8) is 0 Å². The van der Waals surface area contributed by atoms with Crippen LogP contribution >= 0.6 is 0 Å². The third kappa shape index (κ3) is 5.84. The molecule has 0 bridgehead atoms. The number of hydrogen-bond acceptors (Lipinski definition) is 4. The Balaban J connectivity index is 1.71. The second kappa shape index (κ2) is 9.32. The number of benzene rings is 2. The summed E-state index contributed by atoms with van der Waals surface area (Å²) >= 11 is 0. The molecule has 6 heteroatoms. The third-order valence-electron chi connectivity index (χ3n) is 3.62. The van der Waals surface area contributed by atoms with E-state index in [1.165, 1.54) is 0 Å². The van der Waals surface area contributed by atoms with Crippen LogP contribution < -0.4 is 20.1 Å². The van der Waals surface area contributed by atoms with Crippen LogP contribution in [0, 0.1) is 0 Å². The van der Waals surface area contributed by atoms with Gasteiger partial charge in [-0.25, -0.2) is 0 Å². The van der Waals surface area contributed by atoms with E-state index in [-0.39, 0.29) is 24.8 Å². The highest BCUT2D eigenvalue weighted by molar-refractivity contribution is 5.94. The average molecular weight is 342 g/mol. The van der Waals surface area contributed by atoms with Gasteiger partial charge in [-0.05, 0) is 35.9 Å². The van der Waals surface area contributed by atoms with Crippen molar-refractivity contribution in [3.05, 3.63) is 59.7 Å². The molecule has 6 nitrogen and oxygen atoms in total. The normalized spacial score (nSPS) is 10.0. The highest BCUT2D eigenvalue weighted by Gasteiger charge is 2.07. The first-order valence-corrected chi connectivity index (χ1v) is 7.94. The predicted molar refractivity (Wildman–Crippen MR) is 94.8 cm³/mol. The molecule has 25 heavy (non-hydrogen) atoms. The molecule has 0 saturated heterocycles. The van der Waals surface area contributed by atoms with Gasteiger partial charge in [0.2, 0.25) is 5.91 Å². The number of amides is 2. The zero-order chi connectivity index (χ0) is 18.1. The number of hydrogen-bond donors (Lipinski definition) is 2. The maximum atomic E-state index is 12.0. The van der Waals surface area contributed by atoms with Crippen LogP contribution in [0.4, 0.5) is 0 Å². The molecule has 2 aromatic carbocycles. The minimum atomic E-state index is -0.234. The summed E-state index contributed by atoms with van der Waals surface area (Å²) in [5, 5.41) is 5.54. The van der Waals surface area contributed by atoms with Gasteiger partial charge in [-0.1, -0.05) is 18.2 Å². The van der Waals surface area contributed by atoms with E-state index in [1.807, 2.05) is 24.3 Å².